The van der Waals surface area contributed by atoms with Crippen molar-refractivity contribution in [3.63, 3.8) is 0 Å². The third kappa shape index (κ3) is 4.07. The van der Waals surface area contributed by atoms with Gasteiger partial charge in [-0.3, -0.25) is 9.59 Å². The van der Waals surface area contributed by atoms with Gasteiger partial charge < -0.3 is 14.5 Å². The van der Waals surface area contributed by atoms with Gasteiger partial charge in [-0.2, -0.15) is 0 Å². The number of rotatable bonds is 6. The zero-order valence-corrected chi connectivity index (χ0v) is 13.5. The topological polar surface area (TPSA) is 49.9 Å². The van der Waals surface area contributed by atoms with Crippen LogP contribution in [0.3, 0.4) is 0 Å². The Labute approximate surface area is 131 Å². The van der Waals surface area contributed by atoms with Crippen molar-refractivity contribution >= 4 is 11.8 Å². The van der Waals surface area contributed by atoms with Gasteiger partial charge in [0.15, 0.2) is 0 Å². The minimum Gasteiger partial charge on any atom is -0.383 e. The highest BCUT2D eigenvalue weighted by atomic mass is 16.5. The lowest BCUT2D eigenvalue weighted by atomic mass is 9.97. The lowest BCUT2D eigenvalue weighted by Gasteiger charge is -2.16. The number of benzene rings is 1. The van der Waals surface area contributed by atoms with Crippen LogP contribution in [0.25, 0.3) is 0 Å². The summed E-state index contributed by atoms with van der Waals surface area (Å²) in [4.78, 5) is 27.4. The van der Waals surface area contributed by atoms with Crippen LogP contribution in [0.5, 0.6) is 0 Å². The quantitative estimate of drug-likeness (QED) is 0.799. The summed E-state index contributed by atoms with van der Waals surface area (Å²) >= 11 is 0. The van der Waals surface area contributed by atoms with Gasteiger partial charge in [-0.25, -0.2) is 0 Å². The zero-order chi connectivity index (χ0) is 16.1. The molecule has 0 radical (unpaired) electrons. The first-order valence-electron chi connectivity index (χ1n) is 7.58. The minimum absolute atomic E-state index is 0.00562. The fourth-order valence-electron chi connectivity index (χ4n) is 2.83. The number of hydrogen-bond acceptors (Lipinski definition) is 3. The molecule has 1 saturated heterocycles. The third-order valence-electron chi connectivity index (χ3n) is 3.96. The van der Waals surface area contributed by atoms with Crippen LogP contribution in [0.1, 0.15) is 22.3 Å². The predicted octanol–water partition coefficient (Wildman–Crippen LogP) is 1.43. The number of ether oxygens (including phenoxy) is 1. The molecule has 2 rings (SSSR count). The van der Waals surface area contributed by atoms with Crippen molar-refractivity contribution in [2.75, 3.05) is 40.9 Å². The highest BCUT2D eigenvalue weighted by Crippen LogP contribution is 2.22. The van der Waals surface area contributed by atoms with Crippen molar-refractivity contribution < 1.29 is 14.3 Å². The smallest absolute Gasteiger partial charge is 0.253 e. The Morgan fingerprint density at radius 2 is 2.18 bits per heavy atom. The summed E-state index contributed by atoms with van der Waals surface area (Å²) in [7, 11) is 5.14. The SMILES string of the molecule is COCCN1C[C@@H](Cc2cccc(C(=O)N(C)C)c2)CC1=O. The second-order valence-electron chi connectivity index (χ2n) is 6.01. The molecule has 22 heavy (non-hydrogen) atoms. The standard InChI is InChI=1S/C17H24N2O3/c1-18(2)17(21)15-6-4-5-13(10-15)9-14-11-16(20)19(12-14)7-8-22-3/h4-6,10,14H,7-9,11-12H2,1-3H3/t14-/m0/s1. The number of hydrogen-bond donors (Lipinski definition) is 0. The van der Waals surface area contributed by atoms with E-state index in [-0.39, 0.29) is 11.8 Å². The lowest BCUT2D eigenvalue weighted by molar-refractivity contribution is -0.128. The molecule has 2 amide bonds. The van der Waals surface area contributed by atoms with E-state index in [1.165, 1.54) is 0 Å². The van der Waals surface area contributed by atoms with Gasteiger partial charge in [0.2, 0.25) is 5.91 Å². The molecular formula is C17H24N2O3. The molecule has 1 fully saturated rings. The summed E-state index contributed by atoms with van der Waals surface area (Å²) in [6.45, 7) is 2.00. The van der Waals surface area contributed by atoms with Gasteiger partial charge in [-0.1, -0.05) is 12.1 Å². The highest BCUT2D eigenvalue weighted by Gasteiger charge is 2.29. The van der Waals surface area contributed by atoms with Crippen molar-refractivity contribution in [1.82, 2.24) is 9.80 Å². The van der Waals surface area contributed by atoms with E-state index in [2.05, 4.69) is 0 Å². The molecule has 120 valence electrons. The van der Waals surface area contributed by atoms with E-state index in [4.69, 9.17) is 4.74 Å². The largest absolute Gasteiger partial charge is 0.383 e. The van der Waals surface area contributed by atoms with E-state index in [0.717, 1.165) is 18.5 Å². The van der Waals surface area contributed by atoms with Crippen LogP contribution in [0.4, 0.5) is 0 Å². The van der Waals surface area contributed by atoms with Gasteiger partial charge in [-0.15, -0.1) is 0 Å². The molecule has 5 heteroatoms. The van der Waals surface area contributed by atoms with Crippen molar-refractivity contribution in [3.8, 4) is 0 Å². The maximum atomic E-state index is 12.0. The maximum Gasteiger partial charge on any atom is 0.253 e. The average Bonchev–Trinajstić information content (AvgIpc) is 2.84. The highest BCUT2D eigenvalue weighted by molar-refractivity contribution is 5.94. The molecule has 1 aromatic rings. The Balaban J connectivity index is 1.98. The summed E-state index contributed by atoms with van der Waals surface area (Å²) in [5, 5.41) is 0. The van der Waals surface area contributed by atoms with Crippen molar-refractivity contribution in [2.24, 2.45) is 5.92 Å². The predicted molar refractivity (Wildman–Crippen MR) is 84.7 cm³/mol. The average molecular weight is 304 g/mol. The van der Waals surface area contributed by atoms with E-state index < -0.39 is 0 Å². The molecule has 1 heterocycles. The van der Waals surface area contributed by atoms with Gasteiger partial charge in [0.25, 0.3) is 5.91 Å². The summed E-state index contributed by atoms with van der Waals surface area (Å²) in [6.07, 6.45) is 1.40. The van der Waals surface area contributed by atoms with E-state index in [9.17, 15) is 9.59 Å². The summed E-state index contributed by atoms with van der Waals surface area (Å²) in [5.41, 5.74) is 1.81. The van der Waals surface area contributed by atoms with Crippen LogP contribution in [-0.2, 0) is 16.0 Å². The molecular weight excluding hydrogens is 280 g/mol. The molecule has 1 aromatic carbocycles. The molecule has 0 bridgehead atoms. The molecule has 0 aliphatic carbocycles. The molecule has 0 N–H and O–H groups in total. The van der Waals surface area contributed by atoms with Crippen LogP contribution in [0, 0.1) is 5.92 Å². The number of nitrogens with zero attached hydrogens (tertiary/aromatic N) is 2. The number of carbonyl (C=O) groups is 2. The Kier molecular flexibility index (Phi) is 5.55. The first kappa shape index (κ1) is 16.5. The first-order chi connectivity index (χ1) is 10.5. The molecule has 5 nitrogen and oxygen atoms in total. The monoisotopic (exact) mass is 304 g/mol. The van der Waals surface area contributed by atoms with Crippen molar-refractivity contribution in [1.29, 1.82) is 0 Å². The van der Waals surface area contributed by atoms with Crippen molar-refractivity contribution in [3.05, 3.63) is 35.4 Å². The third-order valence-corrected chi connectivity index (χ3v) is 3.96. The fourth-order valence-corrected chi connectivity index (χ4v) is 2.83. The van der Waals surface area contributed by atoms with Crippen molar-refractivity contribution in [2.45, 2.75) is 12.8 Å². The molecule has 0 spiro atoms. The van der Waals surface area contributed by atoms with E-state index >= 15 is 0 Å². The minimum atomic E-state index is 0.00562. The van der Waals surface area contributed by atoms with E-state index in [1.54, 1.807) is 26.1 Å². The Bertz CT molecular complexity index is 542. The van der Waals surface area contributed by atoms with E-state index in [0.29, 0.717) is 31.1 Å². The maximum absolute atomic E-state index is 12.0. The fraction of sp³-hybridized carbons (Fsp3) is 0.529. The summed E-state index contributed by atoms with van der Waals surface area (Å²) < 4.78 is 5.03. The molecule has 0 unspecified atom stereocenters. The zero-order valence-electron chi connectivity index (χ0n) is 13.5. The van der Waals surface area contributed by atoms with Gasteiger partial charge in [0.1, 0.15) is 0 Å². The van der Waals surface area contributed by atoms with Crippen LogP contribution < -0.4 is 0 Å². The summed E-state index contributed by atoms with van der Waals surface area (Å²) in [5.74, 6) is 0.516. The lowest BCUT2D eigenvalue weighted by Crippen LogP contribution is -2.28. The Morgan fingerprint density at radius 3 is 2.86 bits per heavy atom. The Morgan fingerprint density at radius 1 is 1.41 bits per heavy atom. The molecule has 0 saturated carbocycles. The normalized spacial score (nSPS) is 17.9. The van der Waals surface area contributed by atoms with Crippen LogP contribution in [-0.4, -0.2) is 62.5 Å². The Hall–Kier alpha value is -1.88. The number of amides is 2. The molecule has 0 aromatic heterocycles. The first-order valence-corrected chi connectivity index (χ1v) is 7.58. The molecule has 1 aliphatic rings. The van der Waals surface area contributed by atoms with E-state index in [1.807, 2.05) is 29.2 Å². The molecule has 1 aliphatic heterocycles. The van der Waals surface area contributed by atoms with Gasteiger partial charge in [0.05, 0.1) is 6.61 Å². The number of likely N-dealkylation sites (tertiary alicyclic amines) is 1. The number of methoxy groups -OCH3 is 1. The van der Waals surface area contributed by atoms with Gasteiger partial charge >= 0.3 is 0 Å². The van der Waals surface area contributed by atoms with Crippen LogP contribution in [0.15, 0.2) is 24.3 Å². The van der Waals surface area contributed by atoms with Crippen LogP contribution in [0.2, 0.25) is 0 Å². The summed E-state index contributed by atoms with van der Waals surface area (Å²) in [6, 6.07) is 7.70. The van der Waals surface area contributed by atoms with Gasteiger partial charge in [-0.05, 0) is 30.0 Å². The second kappa shape index (κ2) is 7.40. The van der Waals surface area contributed by atoms with Crippen LogP contribution >= 0.6 is 0 Å². The number of carbonyl (C=O) groups excluding carboxylic acids is 2. The molecule has 1 atom stereocenters. The second-order valence-corrected chi connectivity index (χ2v) is 6.01. The van der Waals surface area contributed by atoms with Gasteiger partial charge in [0, 0.05) is 46.3 Å².